The summed E-state index contributed by atoms with van der Waals surface area (Å²) in [4.78, 5) is 13.6. The van der Waals surface area contributed by atoms with Crippen molar-refractivity contribution in [3.8, 4) is 0 Å². The predicted molar refractivity (Wildman–Crippen MR) is 178 cm³/mol. The van der Waals surface area contributed by atoms with Gasteiger partial charge < -0.3 is 15.1 Å². The lowest BCUT2D eigenvalue weighted by molar-refractivity contribution is -0.0859. The van der Waals surface area contributed by atoms with Crippen molar-refractivity contribution < 1.29 is 13.2 Å². The molecule has 8 bridgehead atoms. The van der Waals surface area contributed by atoms with Gasteiger partial charge in [0.2, 0.25) is 0 Å². The fraction of sp³-hybridized carbons (Fsp3) is 0.514. The van der Waals surface area contributed by atoms with Gasteiger partial charge in [0.25, 0.3) is 5.92 Å². The van der Waals surface area contributed by atoms with Gasteiger partial charge in [0.05, 0.1) is 11.1 Å². The molecule has 5 aliphatic heterocycles. The van der Waals surface area contributed by atoms with Crippen molar-refractivity contribution in [3.63, 3.8) is 0 Å². The van der Waals surface area contributed by atoms with Crippen LogP contribution in [0.1, 0.15) is 74.5 Å². The molecule has 0 spiro atoms. The van der Waals surface area contributed by atoms with Gasteiger partial charge in [-0.1, -0.05) is 50.1 Å². The number of piperidine rings is 1. The molecule has 1 N–H and O–H groups in total. The first-order valence-electron chi connectivity index (χ1n) is 16.1. The molecule has 5 nitrogen and oxygen atoms in total. The Morgan fingerprint density at radius 3 is 2.48 bits per heavy atom. The van der Waals surface area contributed by atoms with E-state index in [9.17, 15) is 0 Å². The van der Waals surface area contributed by atoms with Crippen LogP contribution in [0.15, 0.2) is 54.7 Å². The summed E-state index contributed by atoms with van der Waals surface area (Å²) >= 11 is 0. The number of benzene rings is 1. The quantitative estimate of drug-likeness (QED) is 0.324. The maximum absolute atomic E-state index is 15.8. The van der Waals surface area contributed by atoms with Crippen molar-refractivity contribution in [2.45, 2.75) is 70.3 Å². The minimum atomic E-state index is -3.26. The van der Waals surface area contributed by atoms with Crippen molar-refractivity contribution in [1.29, 1.82) is 0 Å². The summed E-state index contributed by atoms with van der Waals surface area (Å²) in [5.74, 6) is 3.27. The molecule has 9 heteroatoms. The van der Waals surface area contributed by atoms with Crippen molar-refractivity contribution >= 4 is 34.1 Å². The number of hydrogen-bond donors (Lipinski definition) is 1. The first kappa shape index (κ1) is 30.9. The number of nitrogens with zero attached hydrogens (tertiary/aromatic N) is 4. The van der Waals surface area contributed by atoms with Crippen LogP contribution in [0.4, 0.5) is 24.8 Å². The molecule has 1 aromatic heterocycles. The molecule has 0 radical (unpaired) electrons. The predicted octanol–water partition coefficient (Wildman–Crippen LogP) is 8.34. The molecule has 6 heterocycles. The molecule has 0 amide bonds. The van der Waals surface area contributed by atoms with Crippen molar-refractivity contribution in [1.82, 2.24) is 14.9 Å². The molecule has 0 saturated carbocycles. The highest BCUT2D eigenvalue weighted by Crippen LogP contribution is 2.45. The Bertz CT molecular complexity index is 1450. The highest BCUT2D eigenvalue weighted by atomic mass is 32.2. The highest BCUT2D eigenvalue weighted by Gasteiger charge is 2.45. The van der Waals surface area contributed by atoms with Crippen LogP contribution in [-0.2, 0) is 12.5 Å². The third-order valence-electron chi connectivity index (χ3n) is 9.96. The fourth-order valence-electron chi connectivity index (χ4n) is 7.21. The lowest BCUT2D eigenvalue weighted by atomic mass is 9.85. The van der Waals surface area contributed by atoms with Gasteiger partial charge in [0.1, 0.15) is 23.8 Å². The smallest absolute Gasteiger partial charge is 0.278 e. The van der Waals surface area contributed by atoms with Crippen LogP contribution in [0.5, 0.6) is 0 Å². The number of hydrogen-bond acceptors (Lipinski definition) is 5. The van der Waals surface area contributed by atoms with E-state index in [4.69, 9.17) is 0 Å². The molecule has 0 atom stereocenters. The topological polar surface area (TPSA) is 44.3 Å². The van der Waals surface area contributed by atoms with Crippen molar-refractivity contribution in [2.75, 3.05) is 41.4 Å². The highest BCUT2D eigenvalue weighted by molar-refractivity contribution is 8.14. The van der Waals surface area contributed by atoms with Crippen molar-refractivity contribution in [2.24, 2.45) is 11.8 Å². The van der Waals surface area contributed by atoms with E-state index in [-0.39, 0.29) is 22.6 Å². The largest absolute Gasteiger partial charge is 0.375 e. The molecule has 5 aliphatic rings. The van der Waals surface area contributed by atoms with Gasteiger partial charge in [-0.05, 0) is 74.0 Å². The SMILES string of the molecule is C=C1CCCCCCN2C(=C)C(C3CCS(=C)CC3)=Cc3c(ncnc32)NCc2cccc(c2F)C(F)(F)C2CCN1CC2. The zero-order chi connectivity index (χ0) is 30.8. The van der Waals surface area contributed by atoms with Gasteiger partial charge in [-0.2, -0.15) is 10.5 Å². The summed E-state index contributed by atoms with van der Waals surface area (Å²) in [6, 6.07) is 4.35. The van der Waals surface area contributed by atoms with E-state index >= 15 is 13.2 Å². The summed E-state index contributed by atoms with van der Waals surface area (Å²) in [6.07, 6.45) is 11.5. The van der Waals surface area contributed by atoms with Crippen LogP contribution < -0.4 is 10.2 Å². The van der Waals surface area contributed by atoms with E-state index in [1.54, 1.807) is 6.07 Å². The average Bonchev–Trinajstić information content (AvgIpc) is 3.02. The minimum Gasteiger partial charge on any atom is -0.375 e. The second-order valence-electron chi connectivity index (χ2n) is 12.7. The third-order valence-corrected chi connectivity index (χ3v) is 11.6. The zero-order valence-electron chi connectivity index (χ0n) is 25.6. The number of allylic oxidation sites excluding steroid dienone is 2. The first-order chi connectivity index (χ1) is 21.2. The Hall–Kier alpha value is -3.07. The Kier molecular flexibility index (Phi) is 9.22. The van der Waals surface area contributed by atoms with Gasteiger partial charge in [-0.15, -0.1) is 0 Å². The van der Waals surface area contributed by atoms with Gasteiger partial charge in [0, 0.05) is 49.1 Å². The molecule has 2 fully saturated rings. The monoisotopic (exact) mass is 623 g/mol. The second kappa shape index (κ2) is 13.1. The maximum Gasteiger partial charge on any atom is 0.278 e. The summed E-state index contributed by atoms with van der Waals surface area (Å²) in [6.45, 7) is 10.7. The normalized spacial score (nSPS) is 25.2. The average molecular weight is 624 g/mol. The van der Waals surface area contributed by atoms with Crippen LogP contribution in [0, 0.1) is 17.7 Å². The number of halogens is 3. The number of nitrogens with one attached hydrogen (secondary N) is 1. The van der Waals surface area contributed by atoms with E-state index in [1.165, 1.54) is 24.0 Å². The van der Waals surface area contributed by atoms with Crippen LogP contribution in [0.2, 0.25) is 0 Å². The molecule has 7 rings (SSSR count). The molecule has 2 saturated heterocycles. The summed E-state index contributed by atoms with van der Waals surface area (Å²) < 4.78 is 47.5. The Balaban J connectivity index is 1.34. The molecule has 1 aromatic carbocycles. The van der Waals surface area contributed by atoms with Crippen molar-refractivity contribution in [3.05, 3.63) is 77.2 Å². The first-order valence-corrected chi connectivity index (χ1v) is 17.8. The second-order valence-corrected chi connectivity index (χ2v) is 14.7. The van der Waals surface area contributed by atoms with E-state index < -0.39 is 23.2 Å². The number of fused-ring (bicyclic) bond motifs is 9. The number of alkyl halides is 2. The standard InChI is InChI=1S/C35H44F3N5S/c1-24-9-6-4-5-7-16-43-25(2)29(26-14-19-44(3)20-15-26)21-30-33(40-23-41-34(30)43)39-22-27-10-8-11-31(32(27)36)35(37,38)28-12-17-42(24)18-13-28/h8,10-11,21,23,26,28H,1-7,9,12-20,22H2,(H,39,40,41). The van der Waals surface area contributed by atoms with Crippen LogP contribution in [0.3, 0.4) is 0 Å². The lowest BCUT2D eigenvalue weighted by Gasteiger charge is -2.38. The van der Waals surface area contributed by atoms with Crippen LogP contribution >= 0.6 is 10.5 Å². The summed E-state index contributed by atoms with van der Waals surface area (Å²) in [5.41, 5.74) is 3.75. The molecule has 236 valence electrons. The Morgan fingerprint density at radius 2 is 1.70 bits per heavy atom. The van der Waals surface area contributed by atoms with E-state index in [1.807, 2.05) is 0 Å². The maximum atomic E-state index is 15.8. The van der Waals surface area contributed by atoms with E-state index in [0.717, 1.165) is 85.8 Å². The summed E-state index contributed by atoms with van der Waals surface area (Å²) in [7, 11) is 0.214. The molecule has 2 aromatic rings. The molecule has 0 unspecified atom stereocenters. The molecular formula is C35H44F3N5S. The van der Waals surface area contributed by atoms with Crippen LogP contribution in [0.25, 0.3) is 6.08 Å². The fourth-order valence-corrected chi connectivity index (χ4v) is 8.65. The molecule has 44 heavy (non-hydrogen) atoms. The van der Waals surface area contributed by atoms with Gasteiger partial charge in [-0.3, -0.25) is 0 Å². The number of rotatable bonds is 1. The zero-order valence-corrected chi connectivity index (χ0v) is 26.4. The number of aromatic nitrogens is 2. The third kappa shape index (κ3) is 6.22. The Morgan fingerprint density at radius 1 is 0.955 bits per heavy atom. The van der Waals surface area contributed by atoms with E-state index in [0.29, 0.717) is 37.7 Å². The summed E-state index contributed by atoms with van der Waals surface area (Å²) in [5, 5.41) is 3.29. The minimum absolute atomic E-state index is 0.0370. The Labute approximate surface area is 262 Å². The van der Waals surface area contributed by atoms with Gasteiger partial charge in [-0.25, -0.2) is 23.1 Å². The lowest BCUT2D eigenvalue weighted by Crippen LogP contribution is -2.39. The number of anilines is 2. The van der Waals surface area contributed by atoms with Gasteiger partial charge in [0.15, 0.2) is 0 Å². The van der Waals surface area contributed by atoms with Gasteiger partial charge >= 0.3 is 0 Å². The van der Waals surface area contributed by atoms with Crippen LogP contribution in [-0.4, -0.2) is 51.9 Å². The molecule has 0 aliphatic carbocycles. The van der Waals surface area contributed by atoms with E-state index in [2.05, 4.69) is 50.2 Å². The molecular weight excluding hydrogens is 579 g/mol.